The quantitative estimate of drug-likeness (QED) is 0.520. The van der Waals surface area contributed by atoms with Crippen LogP contribution in [-0.2, 0) is 11.4 Å². The van der Waals surface area contributed by atoms with Crippen LogP contribution in [0, 0.1) is 3.57 Å². The van der Waals surface area contributed by atoms with Crippen molar-refractivity contribution >= 4 is 50.6 Å². The molecule has 0 aromatic heterocycles. The van der Waals surface area contributed by atoms with Gasteiger partial charge in [0.25, 0.3) is 0 Å². The molecule has 0 atom stereocenters. The summed E-state index contributed by atoms with van der Waals surface area (Å²) in [6, 6.07) is 13.5. The van der Waals surface area contributed by atoms with Gasteiger partial charge in [0.15, 0.2) is 0 Å². The van der Waals surface area contributed by atoms with E-state index in [4.69, 9.17) is 9.84 Å². The van der Waals surface area contributed by atoms with Gasteiger partial charge in [-0.05, 0) is 64.1 Å². The lowest BCUT2D eigenvalue weighted by atomic mass is 10.2. The van der Waals surface area contributed by atoms with Crippen LogP contribution in [-0.4, -0.2) is 11.1 Å². The molecule has 0 heterocycles. The lowest BCUT2D eigenvalue weighted by Crippen LogP contribution is -1.97. The fraction of sp³-hybridized carbons (Fsp3) is 0.0625. The van der Waals surface area contributed by atoms with E-state index in [9.17, 15) is 4.79 Å². The maximum absolute atomic E-state index is 10.5. The molecule has 21 heavy (non-hydrogen) atoms. The average molecular weight is 459 g/mol. The smallest absolute Gasteiger partial charge is 0.328 e. The summed E-state index contributed by atoms with van der Waals surface area (Å²) in [4.78, 5) is 10.5. The molecule has 0 unspecified atom stereocenters. The second kappa shape index (κ2) is 7.61. The third-order valence-corrected chi connectivity index (χ3v) is 3.99. The maximum atomic E-state index is 10.5. The first-order chi connectivity index (χ1) is 10.0. The highest BCUT2D eigenvalue weighted by molar-refractivity contribution is 14.1. The molecule has 2 aromatic carbocycles. The summed E-state index contributed by atoms with van der Waals surface area (Å²) in [6.45, 7) is 0.486. The van der Waals surface area contributed by atoms with Crippen LogP contribution in [0.15, 0.2) is 53.0 Å². The number of halogens is 2. The van der Waals surface area contributed by atoms with Crippen LogP contribution in [0.25, 0.3) is 6.08 Å². The second-order valence-electron chi connectivity index (χ2n) is 4.28. The Balaban J connectivity index is 2.06. The molecule has 5 heteroatoms. The third kappa shape index (κ3) is 5.17. The van der Waals surface area contributed by atoms with Gasteiger partial charge in [-0.2, -0.15) is 0 Å². The average Bonchev–Trinajstić information content (AvgIpc) is 2.44. The molecule has 0 bridgehead atoms. The topological polar surface area (TPSA) is 46.5 Å². The van der Waals surface area contributed by atoms with Crippen molar-refractivity contribution in [3.63, 3.8) is 0 Å². The van der Waals surface area contributed by atoms with Crippen molar-refractivity contribution < 1.29 is 14.6 Å². The van der Waals surface area contributed by atoms with Crippen LogP contribution >= 0.6 is 38.5 Å². The van der Waals surface area contributed by atoms with E-state index < -0.39 is 5.97 Å². The van der Waals surface area contributed by atoms with Crippen LogP contribution in [0.1, 0.15) is 11.1 Å². The van der Waals surface area contributed by atoms with Gasteiger partial charge >= 0.3 is 5.97 Å². The van der Waals surface area contributed by atoms with Crippen molar-refractivity contribution in [2.24, 2.45) is 0 Å². The number of hydrogen-bond donors (Lipinski definition) is 1. The first kappa shape index (κ1) is 16.0. The Bertz CT molecular complexity index is 683. The van der Waals surface area contributed by atoms with Crippen molar-refractivity contribution in [1.29, 1.82) is 0 Å². The van der Waals surface area contributed by atoms with E-state index in [0.717, 1.165) is 31.0 Å². The number of carboxylic acid groups (broad SMARTS) is 1. The monoisotopic (exact) mass is 458 g/mol. The fourth-order valence-corrected chi connectivity index (χ4v) is 2.83. The minimum atomic E-state index is -0.958. The molecule has 108 valence electrons. The van der Waals surface area contributed by atoms with Gasteiger partial charge in [0, 0.05) is 10.5 Å². The van der Waals surface area contributed by atoms with Gasteiger partial charge < -0.3 is 9.84 Å². The van der Waals surface area contributed by atoms with Crippen LogP contribution in [0.2, 0.25) is 0 Å². The summed E-state index contributed by atoms with van der Waals surface area (Å²) in [6.07, 6.45) is 2.68. The fourth-order valence-electron chi connectivity index (χ4n) is 1.69. The van der Waals surface area contributed by atoms with Crippen molar-refractivity contribution in [3.8, 4) is 5.75 Å². The van der Waals surface area contributed by atoms with Gasteiger partial charge in [-0.3, -0.25) is 0 Å². The molecule has 2 aromatic rings. The Morgan fingerprint density at radius 1 is 1.29 bits per heavy atom. The number of aliphatic carboxylic acids is 1. The minimum absolute atomic E-state index is 0.486. The molecule has 0 radical (unpaired) electrons. The molecule has 0 saturated carbocycles. The highest BCUT2D eigenvalue weighted by Gasteiger charge is 2.03. The predicted octanol–water partition coefficient (Wildman–Crippen LogP) is 4.73. The zero-order valence-electron chi connectivity index (χ0n) is 10.9. The lowest BCUT2D eigenvalue weighted by Gasteiger charge is -2.09. The summed E-state index contributed by atoms with van der Waals surface area (Å²) in [5, 5.41) is 8.61. The summed E-state index contributed by atoms with van der Waals surface area (Å²) < 4.78 is 7.75. The number of rotatable bonds is 5. The van der Waals surface area contributed by atoms with Crippen LogP contribution in [0.5, 0.6) is 5.75 Å². The first-order valence-electron chi connectivity index (χ1n) is 6.12. The highest BCUT2D eigenvalue weighted by atomic mass is 127. The molecule has 2 rings (SSSR count). The molecule has 0 aliphatic rings. The van der Waals surface area contributed by atoms with E-state index in [1.807, 2.05) is 42.5 Å². The van der Waals surface area contributed by atoms with Crippen molar-refractivity contribution in [2.45, 2.75) is 6.61 Å². The standard InChI is InChI=1S/C16H12BrIO3/c17-13-3-1-2-12(8-13)10-21-15-6-4-11(9-14(15)18)5-7-16(19)20/h1-9H,10H2,(H,19,20)/b7-5+. The van der Waals surface area contributed by atoms with E-state index in [-0.39, 0.29) is 0 Å². The van der Waals surface area contributed by atoms with Gasteiger partial charge in [0.2, 0.25) is 0 Å². The van der Waals surface area contributed by atoms with Gasteiger partial charge in [0.05, 0.1) is 3.57 Å². The Morgan fingerprint density at radius 3 is 2.76 bits per heavy atom. The molecular weight excluding hydrogens is 447 g/mol. The second-order valence-corrected chi connectivity index (χ2v) is 6.36. The van der Waals surface area contributed by atoms with Crippen LogP contribution < -0.4 is 4.74 Å². The van der Waals surface area contributed by atoms with E-state index in [1.165, 1.54) is 0 Å². The summed E-state index contributed by atoms with van der Waals surface area (Å²) >= 11 is 5.61. The number of benzene rings is 2. The molecular formula is C16H12BrIO3. The van der Waals surface area contributed by atoms with E-state index >= 15 is 0 Å². The molecule has 0 saturated heterocycles. The number of carbonyl (C=O) groups is 1. The zero-order chi connectivity index (χ0) is 15.2. The number of hydrogen-bond acceptors (Lipinski definition) is 2. The van der Waals surface area contributed by atoms with Gasteiger partial charge in [-0.1, -0.05) is 34.1 Å². The Labute approximate surface area is 144 Å². The summed E-state index contributed by atoms with van der Waals surface area (Å²) in [7, 11) is 0. The largest absolute Gasteiger partial charge is 0.488 e. The SMILES string of the molecule is O=C(O)/C=C/c1ccc(OCc2cccc(Br)c2)c(I)c1. The van der Waals surface area contributed by atoms with Crippen molar-refractivity contribution in [1.82, 2.24) is 0 Å². The van der Waals surface area contributed by atoms with E-state index in [2.05, 4.69) is 38.5 Å². The molecule has 0 fully saturated rings. The third-order valence-electron chi connectivity index (χ3n) is 2.66. The minimum Gasteiger partial charge on any atom is -0.488 e. The molecule has 0 aliphatic heterocycles. The van der Waals surface area contributed by atoms with Gasteiger partial charge in [0.1, 0.15) is 12.4 Å². The van der Waals surface area contributed by atoms with Crippen molar-refractivity contribution in [2.75, 3.05) is 0 Å². The van der Waals surface area contributed by atoms with Crippen LogP contribution in [0.4, 0.5) is 0 Å². The Hall–Kier alpha value is -1.34. The molecule has 1 N–H and O–H groups in total. The molecule has 3 nitrogen and oxygen atoms in total. The number of ether oxygens (including phenoxy) is 1. The van der Waals surface area contributed by atoms with Gasteiger partial charge in [-0.15, -0.1) is 0 Å². The molecule has 0 aliphatic carbocycles. The van der Waals surface area contributed by atoms with Gasteiger partial charge in [-0.25, -0.2) is 4.79 Å². The molecule has 0 spiro atoms. The van der Waals surface area contributed by atoms with E-state index in [1.54, 1.807) is 6.08 Å². The Morgan fingerprint density at radius 2 is 2.10 bits per heavy atom. The summed E-state index contributed by atoms with van der Waals surface area (Å²) in [5.74, 6) is -0.178. The normalized spacial score (nSPS) is 10.8. The maximum Gasteiger partial charge on any atom is 0.328 e. The lowest BCUT2D eigenvalue weighted by molar-refractivity contribution is -0.131. The molecule has 0 amide bonds. The summed E-state index contributed by atoms with van der Waals surface area (Å²) in [5.41, 5.74) is 1.91. The zero-order valence-corrected chi connectivity index (χ0v) is 14.7. The first-order valence-corrected chi connectivity index (χ1v) is 7.99. The van der Waals surface area contributed by atoms with Crippen LogP contribution in [0.3, 0.4) is 0 Å². The predicted molar refractivity (Wildman–Crippen MR) is 94.3 cm³/mol. The Kier molecular flexibility index (Phi) is 5.81. The van der Waals surface area contributed by atoms with Crippen molar-refractivity contribution in [3.05, 3.63) is 67.7 Å². The number of carboxylic acids is 1. The highest BCUT2D eigenvalue weighted by Crippen LogP contribution is 2.24. The van der Waals surface area contributed by atoms with E-state index in [0.29, 0.717) is 6.61 Å².